The molecular weight excluding hydrogens is 184 g/mol. The van der Waals surface area contributed by atoms with Gasteiger partial charge in [0.05, 0.1) is 11.3 Å². The predicted molar refractivity (Wildman–Crippen MR) is 47.8 cm³/mol. The summed E-state index contributed by atoms with van der Waals surface area (Å²) in [5, 5.41) is 18.2. The van der Waals surface area contributed by atoms with Crippen LogP contribution in [-0.4, -0.2) is 22.2 Å². The normalized spacial score (nSPS) is 45.4. The Morgan fingerprint density at radius 1 is 1.29 bits per heavy atom. The fourth-order valence-corrected chi connectivity index (χ4v) is 3.28. The monoisotopic (exact) mass is 198 g/mol. The van der Waals surface area contributed by atoms with E-state index in [2.05, 4.69) is 0 Å². The van der Waals surface area contributed by atoms with Gasteiger partial charge in [0.15, 0.2) is 0 Å². The van der Waals surface area contributed by atoms with Gasteiger partial charge in [-0.05, 0) is 31.1 Å². The quantitative estimate of drug-likeness (QED) is 0.702. The van der Waals surface area contributed by atoms with Crippen LogP contribution < -0.4 is 0 Å². The van der Waals surface area contributed by atoms with E-state index in [9.17, 15) is 9.59 Å². The molecule has 78 valence electrons. The van der Waals surface area contributed by atoms with Crippen molar-refractivity contribution >= 4 is 11.9 Å². The lowest BCUT2D eigenvalue weighted by Crippen LogP contribution is -2.38. The molecule has 4 heteroatoms. The first-order valence-electron chi connectivity index (χ1n) is 4.86. The molecule has 4 nitrogen and oxygen atoms in total. The first kappa shape index (κ1) is 9.49. The Kier molecular flexibility index (Phi) is 1.69. The summed E-state index contributed by atoms with van der Waals surface area (Å²) in [6.07, 6.45) is 2.43. The van der Waals surface area contributed by atoms with Crippen LogP contribution in [0, 0.1) is 16.7 Å². The molecule has 0 aromatic heterocycles. The van der Waals surface area contributed by atoms with Crippen molar-refractivity contribution in [1.82, 2.24) is 0 Å². The molecule has 0 amide bonds. The number of fused-ring (bicyclic) bond motifs is 2. The van der Waals surface area contributed by atoms with Crippen LogP contribution in [0.15, 0.2) is 0 Å². The Morgan fingerprint density at radius 2 is 1.93 bits per heavy atom. The number of aliphatic carboxylic acids is 2. The van der Waals surface area contributed by atoms with Gasteiger partial charge in [-0.15, -0.1) is 0 Å². The van der Waals surface area contributed by atoms with E-state index < -0.39 is 23.3 Å². The van der Waals surface area contributed by atoms with Crippen molar-refractivity contribution in [2.75, 3.05) is 0 Å². The molecule has 0 aliphatic heterocycles. The van der Waals surface area contributed by atoms with Crippen LogP contribution in [0.1, 0.15) is 32.6 Å². The summed E-state index contributed by atoms with van der Waals surface area (Å²) in [4.78, 5) is 22.2. The number of carboxylic acids is 2. The highest BCUT2D eigenvalue weighted by Crippen LogP contribution is 2.64. The summed E-state index contributed by atoms with van der Waals surface area (Å²) < 4.78 is 0. The van der Waals surface area contributed by atoms with E-state index >= 15 is 0 Å². The number of hydrogen-bond donors (Lipinski definition) is 2. The minimum atomic E-state index is -0.972. The van der Waals surface area contributed by atoms with E-state index in [1.54, 1.807) is 0 Å². The van der Waals surface area contributed by atoms with Gasteiger partial charge in [0.2, 0.25) is 0 Å². The average Bonchev–Trinajstić information content (AvgIpc) is 2.55. The van der Waals surface area contributed by atoms with Crippen LogP contribution in [0.3, 0.4) is 0 Å². The van der Waals surface area contributed by atoms with Gasteiger partial charge in [-0.1, -0.05) is 6.92 Å². The predicted octanol–water partition coefficient (Wildman–Crippen LogP) is 1.35. The van der Waals surface area contributed by atoms with Gasteiger partial charge >= 0.3 is 11.9 Å². The molecule has 3 unspecified atom stereocenters. The SMILES string of the molecule is CC12CCC(C(=O)O)(C1)C(C(=O)O)C2. The van der Waals surface area contributed by atoms with Crippen LogP contribution >= 0.6 is 0 Å². The highest BCUT2D eigenvalue weighted by molar-refractivity contribution is 5.85. The molecule has 2 N–H and O–H groups in total. The molecule has 0 aromatic carbocycles. The molecule has 0 radical (unpaired) electrons. The van der Waals surface area contributed by atoms with Gasteiger partial charge in [0.1, 0.15) is 0 Å². The highest BCUT2D eigenvalue weighted by atomic mass is 16.4. The molecule has 0 saturated heterocycles. The summed E-state index contributed by atoms with van der Waals surface area (Å²) in [7, 11) is 0. The largest absolute Gasteiger partial charge is 0.481 e. The Labute approximate surface area is 81.9 Å². The van der Waals surface area contributed by atoms with Gasteiger partial charge in [-0.25, -0.2) is 0 Å². The average molecular weight is 198 g/mol. The second-order valence-electron chi connectivity index (χ2n) is 5.04. The van der Waals surface area contributed by atoms with Crippen molar-refractivity contribution < 1.29 is 19.8 Å². The molecule has 2 aliphatic carbocycles. The van der Waals surface area contributed by atoms with E-state index in [-0.39, 0.29) is 5.41 Å². The molecule has 3 atom stereocenters. The topological polar surface area (TPSA) is 74.6 Å². The first-order valence-corrected chi connectivity index (χ1v) is 4.86. The number of hydrogen-bond acceptors (Lipinski definition) is 2. The number of carbonyl (C=O) groups is 2. The van der Waals surface area contributed by atoms with Crippen molar-refractivity contribution in [3.63, 3.8) is 0 Å². The molecule has 0 heterocycles. The zero-order valence-corrected chi connectivity index (χ0v) is 8.12. The lowest BCUT2D eigenvalue weighted by Gasteiger charge is -2.29. The molecule has 0 spiro atoms. The summed E-state index contributed by atoms with van der Waals surface area (Å²) in [5.41, 5.74) is -1.03. The van der Waals surface area contributed by atoms with E-state index in [4.69, 9.17) is 10.2 Å². The third-order valence-electron chi connectivity index (χ3n) is 4.00. The fourth-order valence-electron chi connectivity index (χ4n) is 3.28. The second kappa shape index (κ2) is 2.49. The standard InChI is InChI=1S/C10H14O4/c1-9-2-3-10(5-9,8(13)14)6(4-9)7(11)12/h6H,2-5H2,1H3,(H,11,12)(H,13,14). The minimum Gasteiger partial charge on any atom is -0.481 e. The van der Waals surface area contributed by atoms with E-state index in [1.807, 2.05) is 6.92 Å². The van der Waals surface area contributed by atoms with Crippen molar-refractivity contribution in [2.24, 2.45) is 16.7 Å². The molecule has 0 aromatic rings. The second-order valence-corrected chi connectivity index (χ2v) is 5.04. The molecular formula is C10H14O4. The minimum absolute atomic E-state index is 0.0541. The Morgan fingerprint density at radius 3 is 2.29 bits per heavy atom. The zero-order chi connectivity index (χ0) is 10.6. The van der Waals surface area contributed by atoms with Crippen molar-refractivity contribution in [2.45, 2.75) is 32.6 Å². The zero-order valence-electron chi connectivity index (χ0n) is 8.12. The van der Waals surface area contributed by atoms with Gasteiger partial charge in [-0.3, -0.25) is 9.59 Å². The van der Waals surface area contributed by atoms with Crippen LogP contribution in [-0.2, 0) is 9.59 Å². The van der Waals surface area contributed by atoms with Crippen LogP contribution in [0.25, 0.3) is 0 Å². The van der Waals surface area contributed by atoms with Gasteiger partial charge in [-0.2, -0.15) is 0 Å². The van der Waals surface area contributed by atoms with Crippen LogP contribution in [0.2, 0.25) is 0 Å². The third kappa shape index (κ3) is 0.996. The Hall–Kier alpha value is -1.06. The van der Waals surface area contributed by atoms with E-state index in [1.165, 1.54) is 0 Å². The lowest BCUT2D eigenvalue weighted by molar-refractivity contribution is -0.161. The van der Waals surface area contributed by atoms with E-state index in [0.29, 0.717) is 19.3 Å². The number of carboxylic acid groups (broad SMARTS) is 2. The Bertz CT molecular complexity index is 311. The summed E-state index contributed by atoms with van der Waals surface area (Å²) in [6.45, 7) is 2.00. The highest BCUT2D eigenvalue weighted by Gasteiger charge is 2.64. The molecule has 2 aliphatic rings. The van der Waals surface area contributed by atoms with Crippen LogP contribution in [0.5, 0.6) is 0 Å². The van der Waals surface area contributed by atoms with Crippen molar-refractivity contribution in [1.29, 1.82) is 0 Å². The maximum Gasteiger partial charge on any atom is 0.310 e. The summed E-state index contributed by atoms with van der Waals surface area (Å²) >= 11 is 0. The Balaban J connectivity index is 2.39. The molecule has 2 saturated carbocycles. The number of rotatable bonds is 2. The van der Waals surface area contributed by atoms with Crippen molar-refractivity contribution in [3.05, 3.63) is 0 Å². The van der Waals surface area contributed by atoms with Crippen LogP contribution in [0.4, 0.5) is 0 Å². The van der Waals surface area contributed by atoms with Gasteiger partial charge < -0.3 is 10.2 Å². The molecule has 2 fully saturated rings. The van der Waals surface area contributed by atoms with E-state index in [0.717, 1.165) is 6.42 Å². The third-order valence-corrected chi connectivity index (χ3v) is 4.00. The molecule has 14 heavy (non-hydrogen) atoms. The van der Waals surface area contributed by atoms with Gasteiger partial charge in [0.25, 0.3) is 0 Å². The smallest absolute Gasteiger partial charge is 0.310 e. The summed E-state index contributed by atoms with van der Waals surface area (Å²) in [5.74, 6) is -2.55. The summed E-state index contributed by atoms with van der Waals surface area (Å²) in [6, 6.07) is 0. The maximum atomic E-state index is 11.2. The lowest BCUT2D eigenvalue weighted by atomic mass is 9.74. The molecule has 2 bridgehead atoms. The maximum absolute atomic E-state index is 11.2. The van der Waals surface area contributed by atoms with Gasteiger partial charge in [0, 0.05) is 0 Å². The first-order chi connectivity index (χ1) is 6.40. The van der Waals surface area contributed by atoms with Crippen molar-refractivity contribution in [3.8, 4) is 0 Å². The molecule has 2 rings (SSSR count). The fraction of sp³-hybridized carbons (Fsp3) is 0.800.